The van der Waals surface area contributed by atoms with E-state index in [4.69, 9.17) is 24.4 Å². The third-order valence-corrected chi connectivity index (χ3v) is 7.79. The first-order valence-electron chi connectivity index (χ1n) is 13.2. The highest BCUT2D eigenvalue weighted by Gasteiger charge is 2.28. The van der Waals surface area contributed by atoms with Crippen LogP contribution in [0.25, 0.3) is 11.2 Å². The fraction of sp³-hybridized carbons (Fsp3) is 0.577. The molecule has 3 fully saturated rings. The molecule has 2 aromatic heterocycles. The van der Waals surface area contributed by atoms with E-state index in [0.717, 1.165) is 67.2 Å². The summed E-state index contributed by atoms with van der Waals surface area (Å²) in [7, 11) is 0. The fourth-order valence-corrected chi connectivity index (χ4v) is 5.60. The summed E-state index contributed by atoms with van der Waals surface area (Å²) in [5, 5.41) is 3.63. The molecule has 35 heavy (non-hydrogen) atoms. The van der Waals surface area contributed by atoms with E-state index in [1.54, 1.807) is 0 Å². The predicted molar refractivity (Wildman–Crippen MR) is 134 cm³/mol. The highest BCUT2D eigenvalue weighted by atomic mass is 16.7. The molecule has 1 saturated heterocycles. The number of benzene rings is 1. The number of nitrogens with zero attached hydrogens (tertiary/aromatic N) is 6. The zero-order valence-electron chi connectivity index (χ0n) is 20.2. The lowest BCUT2D eigenvalue weighted by Gasteiger charge is -2.35. The van der Waals surface area contributed by atoms with Gasteiger partial charge >= 0.3 is 0 Å². The summed E-state index contributed by atoms with van der Waals surface area (Å²) in [6.07, 6.45) is 10.8. The smallest absolute Gasteiger partial charge is 0.231 e. The van der Waals surface area contributed by atoms with E-state index in [9.17, 15) is 0 Å². The Morgan fingerprint density at radius 1 is 0.914 bits per heavy atom. The quantitative estimate of drug-likeness (QED) is 0.574. The third-order valence-electron chi connectivity index (χ3n) is 7.79. The summed E-state index contributed by atoms with van der Waals surface area (Å²) in [6.45, 7) is 5.01. The van der Waals surface area contributed by atoms with Crippen molar-refractivity contribution in [2.24, 2.45) is 0 Å². The molecule has 9 heteroatoms. The highest BCUT2D eigenvalue weighted by molar-refractivity contribution is 5.84. The second-order valence-corrected chi connectivity index (χ2v) is 10.4. The van der Waals surface area contributed by atoms with E-state index in [1.807, 2.05) is 12.4 Å². The average Bonchev–Trinajstić information content (AvgIpc) is 3.41. The van der Waals surface area contributed by atoms with Crippen molar-refractivity contribution in [1.29, 1.82) is 0 Å². The number of hydrogen-bond acceptors (Lipinski definition) is 8. The minimum atomic E-state index is 0.318. The zero-order valence-corrected chi connectivity index (χ0v) is 20.2. The lowest BCUT2D eigenvalue weighted by molar-refractivity contribution is 0.174. The molecule has 1 N–H and O–H groups in total. The number of rotatable bonds is 6. The van der Waals surface area contributed by atoms with Gasteiger partial charge in [0, 0.05) is 44.8 Å². The van der Waals surface area contributed by atoms with Gasteiger partial charge in [0.1, 0.15) is 0 Å². The molecule has 1 aromatic carbocycles. The van der Waals surface area contributed by atoms with Gasteiger partial charge in [-0.2, -0.15) is 9.97 Å². The molecule has 3 aromatic rings. The van der Waals surface area contributed by atoms with Crippen LogP contribution in [0.5, 0.6) is 11.5 Å². The SMILES string of the molecule is c1cc2c(cc1CN1CCN(c3nc(NC4CC4)c4ncn(C5CCCCC5)c4n3)CC1)OCO2. The third kappa shape index (κ3) is 4.26. The first-order valence-corrected chi connectivity index (χ1v) is 13.2. The Morgan fingerprint density at radius 3 is 2.57 bits per heavy atom. The summed E-state index contributed by atoms with van der Waals surface area (Å²) in [6, 6.07) is 7.29. The van der Waals surface area contributed by atoms with Crippen LogP contribution in [-0.2, 0) is 6.54 Å². The van der Waals surface area contributed by atoms with Gasteiger partial charge in [-0.15, -0.1) is 0 Å². The van der Waals surface area contributed by atoms with Gasteiger partial charge in [-0.05, 0) is 43.4 Å². The standard InChI is InChI=1S/C26H33N7O2/c1-2-4-20(5-3-1)33-16-27-23-24(28-19-7-8-19)29-26(30-25(23)33)32-12-10-31(11-13-32)15-18-6-9-21-22(14-18)35-17-34-21/h6,9,14,16,19-20H,1-5,7-8,10-13,15,17H2,(H,28,29,30). The van der Waals surface area contributed by atoms with Gasteiger partial charge < -0.3 is 24.3 Å². The molecule has 2 saturated carbocycles. The second-order valence-electron chi connectivity index (χ2n) is 10.4. The van der Waals surface area contributed by atoms with E-state index < -0.39 is 0 Å². The van der Waals surface area contributed by atoms with Gasteiger partial charge in [0.15, 0.2) is 28.5 Å². The maximum Gasteiger partial charge on any atom is 0.231 e. The molecule has 4 heterocycles. The van der Waals surface area contributed by atoms with Crippen LogP contribution in [-0.4, -0.2) is 63.4 Å². The fourth-order valence-electron chi connectivity index (χ4n) is 5.60. The molecule has 2 aliphatic heterocycles. The van der Waals surface area contributed by atoms with Crippen molar-refractivity contribution < 1.29 is 9.47 Å². The minimum Gasteiger partial charge on any atom is -0.454 e. The number of ether oxygens (including phenoxy) is 2. The summed E-state index contributed by atoms with van der Waals surface area (Å²) < 4.78 is 13.3. The van der Waals surface area contributed by atoms with Crippen LogP contribution in [0.2, 0.25) is 0 Å². The van der Waals surface area contributed by atoms with E-state index in [2.05, 4.69) is 31.8 Å². The molecule has 184 valence electrons. The van der Waals surface area contributed by atoms with Crippen molar-refractivity contribution >= 4 is 22.9 Å². The van der Waals surface area contributed by atoms with Crippen molar-refractivity contribution in [3.05, 3.63) is 30.1 Å². The molecule has 2 aliphatic carbocycles. The van der Waals surface area contributed by atoms with Gasteiger partial charge in [-0.3, -0.25) is 4.90 Å². The first-order chi connectivity index (χ1) is 17.3. The van der Waals surface area contributed by atoms with Crippen molar-refractivity contribution in [2.75, 3.05) is 43.2 Å². The number of piperazine rings is 1. The van der Waals surface area contributed by atoms with E-state index in [-0.39, 0.29) is 0 Å². The van der Waals surface area contributed by atoms with E-state index >= 15 is 0 Å². The highest BCUT2D eigenvalue weighted by Crippen LogP contribution is 2.35. The van der Waals surface area contributed by atoms with E-state index in [0.29, 0.717) is 18.9 Å². The Morgan fingerprint density at radius 2 is 1.74 bits per heavy atom. The number of hydrogen-bond donors (Lipinski definition) is 1. The molecule has 9 nitrogen and oxygen atoms in total. The van der Waals surface area contributed by atoms with Gasteiger partial charge in [0.05, 0.1) is 6.33 Å². The second kappa shape index (κ2) is 8.86. The topological polar surface area (TPSA) is 80.6 Å². The monoisotopic (exact) mass is 475 g/mol. The lowest BCUT2D eigenvalue weighted by atomic mass is 9.95. The summed E-state index contributed by atoms with van der Waals surface area (Å²) in [5.41, 5.74) is 3.17. The molecule has 0 atom stereocenters. The summed E-state index contributed by atoms with van der Waals surface area (Å²) in [5.74, 6) is 3.44. The van der Waals surface area contributed by atoms with Crippen molar-refractivity contribution in [3.8, 4) is 11.5 Å². The van der Waals surface area contributed by atoms with Gasteiger partial charge in [-0.1, -0.05) is 25.3 Å². The number of nitrogens with one attached hydrogen (secondary N) is 1. The van der Waals surface area contributed by atoms with Crippen LogP contribution in [0.3, 0.4) is 0 Å². The maximum atomic E-state index is 5.55. The van der Waals surface area contributed by atoms with Gasteiger partial charge in [0.2, 0.25) is 12.7 Å². The predicted octanol–water partition coefficient (Wildman–Crippen LogP) is 3.96. The Balaban J connectivity index is 1.10. The number of aromatic nitrogens is 4. The largest absolute Gasteiger partial charge is 0.454 e. The van der Waals surface area contributed by atoms with Gasteiger partial charge in [0.25, 0.3) is 0 Å². The Bertz CT molecular complexity index is 1210. The lowest BCUT2D eigenvalue weighted by Crippen LogP contribution is -2.46. The minimum absolute atomic E-state index is 0.318. The molecular formula is C26H33N7O2. The first kappa shape index (κ1) is 21.2. The number of imidazole rings is 1. The number of anilines is 2. The van der Waals surface area contributed by atoms with Crippen LogP contribution in [0, 0.1) is 0 Å². The van der Waals surface area contributed by atoms with Crippen LogP contribution in [0.15, 0.2) is 24.5 Å². The summed E-state index contributed by atoms with van der Waals surface area (Å²) in [4.78, 5) is 19.7. The molecule has 4 aliphatic rings. The zero-order chi connectivity index (χ0) is 23.2. The molecule has 0 bridgehead atoms. The molecule has 0 radical (unpaired) electrons. The van der Waals surface area contributed by atoms with Crippen molar-refractivity contribution in [3.63, 3.8) is 0 Å². The summed E-state index contributed by atoms with van der Waals surface area (Å²) >= 11 is 0. The van der Waals surface area contributed by atoms with Crippen molar-refractivity contribution in [2.45, 2.75) is 63.6 Å². The van der Waals surface area contributed by atoms with Crippen LogP contribution in [0.1, 0.15) is 56.6 Å². The van der Waals surface area contributed by atoms with E-state index in [1.165, 1.54) is 50.5 Å². The Hall–Kier alpha value is -3.07. The van der Waals surface area contributed by atoms with Gasteiger partial charge in [-0.25, -0.2) is 4.98 Å². The average molecular weight is 476 g/mol. The Kier molecular flexibility index (Phi) is 5.37. The molecule has 0 unspecified atom stereocenters. The molecule has 7 rings (SSSR count). The van der Waals surface area contributed by atoms with Crippen LogP contribution in [0.4, 0.5) is 11.8 Å². The maximum absolute atomic E-state index is 5.55. The Labute approximate surface area is 205 Å². The van der Waals surface area contributed by atoms with Crippen molar-refractivity contribution in [1.82, 2.24) is 24.4 Å². The molecule has 0 amide bonds. The van der Waals surface area contributed by atoms with Crippen LogP contribution >= 0.6 is 0 Å². The molecule has 0 spiro atoms. The van der Waals surface area contributed by atoms with Crippen LogP contribution < -0.4 is 19.7 Å². The molecular weight excluding hydrogens is 442 g/mol. The number of fused-ring (bicyclic) bond motifs is 2. The normalized spacial score (nSPS) is 21.1.